The van der Waals surface area contributed by atoms with Crippen LogP contribution in [0, 0.1) is 6.92 Å². The van der Waals surface area contributed by atoms with Gasteiger partial charge in [0.2, 0.25) is 0 Å². The van der Waals surface area contributed by atoms with Crippen molar-refractivity contribution in [2.45, 2.75) is 39.1 Å². The zero-order valence-electron chi connectivity index (χ0n) is 11.6. The van der Waals surface area contributed by atoms with E-state index in [-0.39, 0.29) is 0 Å². The molecule has 114 valence electrons. The smallest absolute Gasteiger partial charge is 0.417 e. The Hall–Kier alpha value is -1.27. The standard InChI is InChI=1S/C14H20F3NO2/c1-3-7-18-8-11-6-4-5-10(2)13(11)20-9-12(19)14(15,16)17/h4-6,12,18-19H,3,7-9H2,1-2H3. The third kappa shape index (κ3) is 5.02. The molecule has 0 aromatic heterocycles. The van der Waals surface area contributed by atoms with Gasteiger partial charge in [-0.05, 0) is 25.5 Å². The van der Waals surface area contributed by atoms with E-state index in [1.165, 1.54) is 0 Å². The minimum absolute atomic E-state index is 0.402. The molecular weight excluding hydrogens is 271 g/mol. The summed E-state index contributed by atoms with van der Waals surface area (Å²) < 4.78 is 42.0. The van der Waals surface area contributed by atoms with E-state index >= 15 is 0 Å². The van der Waals surface area contributed by atoms with Crippen LogP contribution in [0.1, 0.15) is 24.5 Å². The number of ether oxygens (including phenoxy) is 1. The second-order valence-corrected chi connectivity index (χ2v) is 4.61. The summed E-state index contributed by atoms with van der Waals surface area (Å²) in [5, 5.41) is 12.1. The Morgan fingerprint density at radius 3 is 2.65 bits per heavy atom. The molecule has 0 amide bonds. The van der Waals surface area contributed by atoms with E-state index in [0.29, 0.717) is 12.3 Å². The van der Waals surface area contributed by atoms with Gasteiger partial charge in [0.15, 0.2) is 6.10 Å². The van der Waals surface area contributed by atoms with Crippen molar-refractivity contribution in [3.8, 4) is 5.75 Å². The predicted molar refractivity (Wildman–Crippen MR) is 70.7 cm³/mol. The zero-order valence-corrected chi connectivity index (χ0v) is 11.6. The molecule has 1 atom stereocenters. The highest BCUT2D eigenvalue weighted by Crippen LogP contribution is 2.26. The molecule has 1 rings (SSSR count). The first-order chi connectivity index (χ1) is 9.36. The fraction of sp³-hybridized carbons (Fsp3) is 0.571. The van der Waals surface area contributed by atoms with Crippen LogP contribution in [0.15, 0.2) is 18.2 Å². The minimum Gasteiger partial charge on any atom is -0.490 e. The molecule has 0 aliphatic rings. The SMILES string of the molecule is CCCNCc1cccc(C)c1OCC(O)C(F)(F)F. The highest BCUT2D eigenvalue weighted by atomic mass is 19.4. The van der Waals surface area contributed by atoms with Crippen LogP contribution in [0.5, 0.6) is 5.75 Å². The van der Waals surface area contributed by atoms with E-state index in [2.05, 4.69) is 5.32 Å². The Balaban J connectivity index is 2.72. The van der Waals surface area contributed by atoms with Crippen molar-refractivity contribution in [3.63, 3.8) is 0 Å². The first-order valence-electron chi connectivity index (χ1n) is 6.53. The van der Waals surface area contributed by atoms with Crippen LogP contribution >= 0.6 is 0 Å². The molecule has 0 saturated carbocycles. The van der Waals surface area contributed by atoms with Crippen LogP contribution in [0.25, 0.3) is 0 Å². The predicted octanol–water partition coefficient (Wildman–Crippen LogP) is 2.80. The monoisotopic (exact) mass is 291 g/mol. The van der Waals surface area contributed by atoms with E-state index in [1.54, 1.807) is 19.1 Å². The van der Waals surface area contributed by atoms with Gasteiger partial charge in [0, 0.05) is 12.1 Å². The van der Waals surface area contributed by atoms with Gasteiger partial charge >= 0.3 is 6.18 Å². The zero-order chi connectivity index (χ0) is 15.2. The molecule has 1 unspecified atom stereocenters. The lowest BCUT2D eigenvalue weighted by atomic mass is 10.1. The summed E-state index contributed by atoms with van der Waals surface area (Å²) in [6, 6.07) is 5.38. The third-order valence-corrected chi connectivity index (χ3v) is 2.80. The maximum atomic E-state index is 12.3. The number of aliphatic hydroxyl groups is 1. The number of hydrogen-bond donors (Lipinski definition) is 2. The number of hydrogen-bond acceptors (Lipinski definition) is 3. The summed E-state index contributed by atoms with van der Waals surface area (Å²) in [5.74, 6) is 0.402. The van der Waals surface area contributed by atoms with E-state index < -0.39 is 18.9 Å². The molecule has 0 aliphatic heterocycles. The lowest BCUT2D eigenvalue weighted by Crippen LogP contribution is -2.34. The van der Waals surface area contributed by atoms with Crippen molar-refractivity contribution in [1.29, 1.82) is 0 Å². The molecule has 6 heteroatoms. The molecule has 0 radical (unpaired) electrons. The number of nitrogens with one attached hydrogen (secondary N) is 1. The van der Waals surface area contributed by atoms with E-state index in [1.807, 2.05) is 13.0 Å². The molecule has 0 heterocycles. The van der Waals surface area contributed by atoms with Crippen molar-refractivity contribution in [3.05, 3.63) is 29.3 Å². The average Bonchev–Trinajstić information content (AvgIpc) is 2.36. The summed E-state index contributed by atoms with van der Waals surface area (Å²) in [4.78, 5) is 0. The summed E-state index contributed by atoms with van der Waals surface area (Å²) in [5.41, 5.74) is 1.53. The van der Waals surface area contributed by atoms with Gasteiger partial charge in [-0.2, -0.15) is 13.2 Å². The lowest BCUT2D eigenvalue weighted by molar-refractivity contribution is -0.210. The molecule has 0 fully saturated rings. The summed E-state index contributed by atoms with van der Waals surface area (Å²) in [7, 11) is 0. The molecular formula is C14H20F3NO2. The van der Waals surface area contributed by atoms with Crippen LogP contribution in [-0.2, 0) is 6.54 Å². The second kappa shape index (κ2) is 7.50. The number of aryl methyl sites for hydroxylation is 1. The number of para-hydroxylation sites is 1. The Morgan fingerprint density at radius 2 is 2.05 bits per heavy atom. The van der Waals surface area contributed by atoms with Gasteiger partial charge in [-0.15, -0.1) is 0 Å². The quantitative estimate of drug-likeness (QED) is 0.759. The van der Waals surface area contributed by atoms with Crippen molar-refractivity contribution in [2.24, 2.45) is 0 Å². The topological polar surface area (TPSA) is 41.5 Å². The summed E-state index contributed by atoms with van der Waals surface area (Å²) >= 11 is 0. The first-order valence-corrected chi connectivity index (χ1v) is 6.53. The van der Waals surface area contributed by atoms with Crippen LogP contribution in [-0.4, -0.2) is 30.5 Å². The highest BCUT2D eigenvalue weighted by Gasteiger charge is 2.38. The Bertz CT molecular complexity index is 421. The number of benzene rings is 1. The summed E-state index contributed by atoms with van der Waals surface area (Å²) in [6.45, 7) is 4.33. The van der Waals surface area contributed by atoms with E-state index in [4.69, 9.17) is 9.84 Å². The Kier molecular flexibility index (Phi) is 6.29. The third-order valence-electron chi connectivity index (χ3n) is 2.80. The number of aliphatic hydroxyl groups excluding tert-OH is 1. The minimum atomic E-state index is -4.66. The van der Waals surface area contributed by atoms with Gasteiger partial charge < -0.3 is 15.2 Å². The highest BCUT2D eigenvalue weighted by molar-refractivity contribution is 5.40. The van der Waals surface area contributed by atoms with Crippen molar-refractivity contribution in [1.82, 2.24) is 5.32 Å². The van der Waals surface area contributed by atoms with Gasteiger partial charge in [0.25, 0.3) is 0 Å². The van der Waals surface area contributed by atoms with E-state index in [0.717, 1.165) is 24.1 Å². The fourth-order valence-electron chi connectivity index (χ4n) is 1.72. The number of rotatable bonds is 7. The first kappa shape index (κ1) is 16.8. The lowest BCUT2D eigenvalue weighted by Gasteiger charge is -2.18. The molecule has 1 aromatic rings. The van der Waals surface area contributed by atoms with Crippen molar-refractivity contribution < 1.29 is 23.0 Å². The molecule has 20 heavy (non-hydrogen) atoms. The van der Waals surface area contributed by atoms with Crippen molar-refractivity contribution >= 4 is 0 Å². The second-order valence-electron chi connectivity index (χ2n) is 4.61. The van der Waals surface area contributed by atoms with Crippen molar-refractivity contribution in [2.75, 3.05) is 13.2 Å². The van der Waals surface area contributed by atoms with E-state index in [9.17, 15) is 13.2 Å². The molecule has 0 spiro atoms. The maximum Gasteiger partial charge on any atom is 0.417 e. The summed E-state index contributed by atoms with van der Waals surface area (Å²) in [6.07, 6.45) is -6.17. The largest absolute Gasteiger partial charge is 0.490 e. The molecule has 1 aromatic carbocycles. The number of halogens is 3. The molecule has 2 N–H and O–H groups in total. The fourth-order valence-corrected chi connectivity index (χ4v) is 1.72. The molecule has 0 saturated heterocycles. The number of alkyl halides is 3. The van der Waals surface area contributed by atoms with Gasteiger partial charge in [-0.1, -0.05) is 25.1 Å². The Labute approximate surface area is 116 Å². The van der Waals surface area contributed by atoms with Gasteiger partial charge in [0.05, 0.1) is 0 Å². The molecule has 3 nitrogen and oxygen atoms in total. The molecule has 0 aliphatic carbocycles. The van der Waals surface area contributed by atoms with Gasteiger partial charge in [-0.25, -0.2) is 0 Å². The van der Waals surface area contributed by atoms with Crippen LogP contribution in [0.4, 0.5) is 13.2 Å². The Morgan fingerprint density at radius 1 is 1.35 bits per heavy atom. The average molecular weight is 291 g/mol. The van der Waals surface area contributed by atoms with Crippen LogP contribution in [0.2, 0.25) is 0 Å². The van der Waals surface area contributed by atoms with Crippen LogP contribution < -0.4 is 10.1 Å². The maximum absolute atomic E-state index is 12.3. The van der Waals surface area contributed by atoms with Gasteiger partial charge in [0.1, 0.15) is 12.4 Å². The van der Waals surface area contributed by atoms with Crippen LogP contribution in [0.3, 0.4) is 0 Å². The van der Waals surface area contributed by atoms with Gasteiger partial charge in [-0.3, -0.25) is 0 Å². The normalized spacial score (nSPS) is 13.3. The molecule has 0 bridgehead atoms.